The topological polar surface area (TPSA) is 52.6 Å². The average Bonchev–Trinajstić information content (AvgIpc) is 2.45. The third kappa shape index (κ3) is 4.43. The zero-order chi connectivity index (χ0) is 15.2. The highest BCUT2D eigenvalue weighted by Crippen LogP contribution is 2.17. The van der Waals surface area contributed by atoms with Crippen LogP contribution in [0.5, 0.6) is 0 Å². The fourth-order valence-corrected chi connectivity index (χ4v) is 1.26. The highest BCUT2D eigenvalue weighted by molar-refractivity contribution is 5.83. The Bertz CT molecular complexity index is 511. The highest BCUT2D eigenvalue weighted by Gasteiger charge is 2.30. The van der Waals surface area contributed by atoms with Gasteiger partial charge in [-0.1, -0.05) is 36.3 Å². The summed E-state index contributed by atoms with van der Waals surface area (Å²) in [5.41, 5.74) is -0.197. The van der Waals surface area contributed by atoms with Crippen molar-refractivity contribution in [2.45, 2.75) is 33.5 Å². The number of hydrogen-bond donors (Lipinski definition) is 0. The van der Waals surface area contributed by atoms with Gasteiger partial charge in [0.2, 0.25) is 0 Å². The van der Waals surface area contributed by atoms with E-state index in [2.05, 4.69) is 5.92 Å². The lowest BCUT2D eigenvalue weighted by molar-refractivity contribution is -0.171. The first-order valence-corrected chi connectivity index (χ1v) is 6.26. The summed E-state index contributed by atoms with van der Waals surface area (Å²) < 4.78 is 10.1. The summed E-state index contributed by atoms with van der Waals surface area (Å²) in [7, 11) is 0. The van der Waals surface area contributed by atoms with Gasteiger partial charge in [0.25, 0.3) is 0 Å². The van der Waals surface area contributed by atoms with Crippen LogP contribution in [-0.4, -0.2) is 18.0 Å². The van der Waals surface area contributed by atoms with Gasteiger partial charge in [0.1, 0.15) is 12.0 Å². The van der Waals surface area contributed by atoms with Crippen LogP contribution < -0.4 is 0 Å². The first-order chi connectivity index (χ1) is 9.36. The standard InChI is InChI=1S/C16H18O4/c1-5-16(3,4)15(18)20-12(2)14(17)19-11-13-9-7-6-8-10-13/h1,6-10,12H,11H2,2-4H3. The third-order valence-corrected chi connectivity index (χ3v) is 2.71. The number of terminal acetylenes is 1. The summed E-state index contributed by atoms with van der Waals surface area (Å²) in [5.74, 6) is 1.09. The van der Waals surface area contributed by atoms with E-state index in [1.807, 2.05) is 30.3 Å². The summed E-state index contributed by atoms with van der Waals surface area (Å²) in [6, 6.07) is 9.25. The number of esters is 2. The van der Waals surface area contributed by atoms with E-state index in [1.54, 1.807) is 13.8 Å². The minimum atomic E-state index is -1.06. The molecule has 106 valence electrons. The molecule has 0 spiro atoms. The molecule has 1 rings (SSSR count). The number of ether oxygens (including phenoxy) is 2. The summed E-state index contributed by atoms with van der Waals surface area (Å²) in [6.07, 6.45) is 4.24. The molecule has 20 heavy (non-hydrogen) atoms. The Morgan fingerprint density at radius 3 is 2.45 bits per heavy atom. The molecular formula is C16H18O4. The molecule has 0 bridgehead atoms. The highest BCUT2D eigenvalue weighted by atomic mass is 16.6. The van der Waals surface area contributed by atoms with Crippen LogP contribution >= 0.6 is 0 Å². The van der Waals surface area contributed by atoms with Gasteiger partial charge in [0, 0.05) is 0 Å². The first-order valence-electron chi connectivity index (χ1n) is 6.26. The van der Waals surface area contributed by atoms with Crippen molar-refractivity contribution in [3.63, 3.8) is 0 Å². The van der Waals surface area contributed by atoms with Crippen molar-refractivity contribution in [3.05, 3.63) is 35.9 Å². The van der Waals surface area contributed by atoms with Crippen molar-refractivity contribution in [1.29, 1.82) is 0 Å². The van der Waals surface area contributed by atoms with Crippen LogP contribution in [0.2, 0.25) is 0 Å². The number of hydrogen-bond acceptors (Lipinski definition) is 4. The Labute approximate surface area is 119 Å². The third-order valence-electron chi connectivity index (χ3n) is 2.71. The molecule has 0 aliphatic carbocycles. The van der Waals surface area contributed by atoms with Crippen LogP contribution in [0.3, 0.4) is 0 Å². The molecule has 1 aromatic carbocycles. The summed E-state index contributed by atoms with van der Waals surface area (Å²) in [6.45, 7) is 4.70. The molecule has 0 amide bonds. The molecule has 4 heteroatoms. The minimum Gasteiger partial charge on any atom is -0.458 e. The van der Waals surface area contributed by atoms with Crippen molar-refractivity contribution in [2.24, 2.45) is 5.41 Å². The fourth-order valence-electron chi connectivity index (χ4n) is 1.26. The number of rotatable bonds is 5. The van der Waals surface area contributed by atoms with E-state index >= 15 is 0 Å². The second kappa shape index (κ2) is 6.76. The Hall–Kier alpha value is -2.28. The van der Waals surface area contributed by atoms with Gasteiger partial charge in [-0.3, -0.25) is 4.79 Å². The Morgan fingerprint density at radius 2 is 1.90 bits per heavy atom. The van der Waals surface area contributed by atoms with E-state index in [4.69, 9.17) is 15.9 Å². The lowest BCUT2D eigenvalue weighted by Gasteiger charge is -2.19. The second-order valence-electron chi connectivity index (χ2n) is 4.91. The van der Waals surface area contributed by atoms with Crippen molar-refractivity contribution in [3.8, 4) is 12.3 Å². The molecule has 1 atom stereocenters. The monoisotopic (exact) mass is 274 g/mol. The van der Waals surface area contributed by atoms with Crippen molar-refractivity contribution < 1.29 is 19.1 Å². The fraction of sp³-hybridized carbons (Fsp3) is 0.375. The number of carbonyl (C=O) groups excluding carboxylic acids is 2. The van der Waals surface area contributed by atoms with Crippen LogP contribution in [-0.2, 0) is 25.7 Å². The van der Waals surface area contributed by atoms with Gasteiger partial charge in [-0.25, -0.2) is 4.79 Å². The van der Waals surface area contributed by atoms with E-state index < -0.39 is 23.5 Å². The maximum atomic E-state index is 11.7. The van der Waals surface area contributed by atoms with E-state index in [1.165, 1.54) is 6.92 Å². The SMILES string of the molecule is C#CC(C)(C)C(=O)OC(C)C(=O)OCc1ccccc1. The van der Waals surface area contributed by atoms with Gasteiger partial charge in [0.05, 0.1) is 0 Å². The quantitative estimate of drug-likeness (QED) is 0.611. The lowest BCUT2D eigenvalue weighted by atomic mass is 9.95. The zero-order valence-electron chi connectivity index (χ0n) is 11.9. The predicted molar refractivity (Wildman–Crippen MR) is 74.4 cm³/mol. The average molecular weight is 274 g/mol. The van der Waals surface area contributed by atoms with Crippen LogP contribution in [0.25, 0.3) is 0 Å². The molecule has 0 aliphatic heterocycles. The van der Waals surface area contributed by atoms with Crippen molar-refractivity contribution in [1.82, 2.24) is 0 Å². The molecule has 0 aliphatic rings. The van der Waals surface area contributed by atoms with Crippen molar-refractivity contribution in [2.75, 3.05) is 0 Å². The summed E-state index contributed by atoms with van der Waals surface area (Å²) in [4.78, 5) is 23.4. The molecule has 0 saturated heterocycles. The Balaban J connectivity index is 2.48. The van der Waals surface area contributed by atoms with Gasteiger partial charge in [-0.2, -0.15) is 0 Å². The normalized spacial score (nSPS) is 12.1. The van der Waals surface area contributed by atoms with E-state index in [-0.39, 0.29) is 6.61 Å². The maximum Gasteiger partial charge on any atom is 0.347 e. The van der Waals surface area contributed by atoms with Crippen molar-refractivity contribution >= 4 is 11.9 Å². The predicted octanol–water partition coefficient (Wildman–Crippen LogP) is 2.32. The molecule has 4 nitrogen and oxygen atoms in total. The van der Waals surface area contributed by atoms with Crippen LogP contribution in [0.4, 0.5) is 0 Å². The molecule has 1 unspecified atom stereocenters. The molecule has 0 radical (unpaired) electrons. The van der Waals surface area contributed by atoms with Gasteiger partial charge >= 0.3 is 11.9 Å². The smallest absolute Gasteiger partial charge is 0.347 e. The summed E-state index contributed by atoms with van der Waals surface area (Å²) in [5, 5.41) is 0. The Morgan fingerprint density at radius 1 is 1.30 bits per heavy atom. The molecule has 0 N–H and O–H groups in total. The first kappa shape index (κ1) is 15.8. The molecule has 0 aromatic heterocycles. The molecule has 0 fully saturated rings. The number of benzene rings is 1. The van der Waals surface area contributed by atoms with Gasteiger partial charge in [-0.05, 0) is 26.3 Å². The number of carbonyl (C=O) groups is 2. The van der Waals surface area contributed by atoms with E-state index in [0.29, 0.717) is 0 Å². The van der Waals surface area contributed by atoms with Crippen LogP contribution in [0.1, 0.15) is 26.3 Å². The second-order valence-corrected chi connectivity index (χ2v) is 4.91. The van der Waals surface area contributed by atoms with Gasteiger partial charge in [-0.15, -0.1) is 6.42 Å². The molecular weight excluding hydrogens is 256 g/mol. The zero-order valence-corrected chi connectivity index (χ0v) is 11.9. The van der Waals surface area contributed by atoms with Crippen LogP contribution in [0, 0.1) is 17.8 Å². The van der Waals surface area contributed by atoms with E-state index in [9.17, 15) is 9.59 Å². The Kier molecular flexibility index (Phi) is 5.33. The van der Waals surface area contributed by atoms with Gasteiger partial charge < -0.3 is 9.47 Å². The van der Waals surface area contributed by atoms with Crippen LogP contribution in [0.15, 0.2) is 30.3 Å². The molecule has 1 aromatic rings. The molecule has 0 saturated carbocycles. The van der Waals surface area contributed by atoms with E-state index in [0.717, 1.165) is 5.56 Å². The minimum absolute atomic E-state index is 0.139. The van der Waals surface area contributed by atoms with Gasteiger partial charge in [0.15, 0.2) is 6.10 Å². The largest absolute Gasteiger partial charge is 0.458 e. The maximum absolute atomic E-state index is 11.7. The summed E-state index contributed by atoms with van der Waals surface area (Å²) >= 11 is 0. The molecule has 0 heterocycles. The lowest BCUT2D eigenvalue weighted by Crippen LogP contribution is -2.32.